The first-order valence-electron chi connectivity index (χ1n) is 6.49. The van der Waals surface area contributed by atoms with Crippen LogP contribution in [0.15, 0.2) is 18.5 Å². The number of Topliss-reactive ketones (excluding diaryl/α,β-unsaturated/α-hetero) is 1. The van der Waals surface area contributed by atoms with Gasteiger partial charge in [-0.3, -0.25) is 14.5 Å². The monoisotopic (exact) mass is 265 g/mol. The van der Waals surface area contributed by atoms with E-state index in [9.17, 15) is 9.59 Å². The van der Waals surface area contributed by atoms with Gasteiger partial charge in [0, 0.05) is 31.5 Å². The number of hydrogen-bond acceptors (Lipinski definition) is 3. The minimum Gasteiger partial charge on any atom is -0.357 e. The van der Waals surface area contributed by atoms with Gasteiger partial charge in [-0.15, -0.1) is 0 Å². The van der Waals surface area contributed by atoms with Crippen molar-refractivity contribution in [1.29, 1.82) is 0 Å². The molecule has 1 aromatic rings. The normalized spacial score (nSPS) is 11.1. The smallest absolute Gasteiger partial charge is 0.234 e. The highest BCUT2D eigenvalue weighted by atomic mass is 16.2. The average molecular weight is 265 g/mol. The number of amides is 1. The second-order valence-corrected chi connectivity index (χ2v) is 5.36. The van der Waals surface area contributed by atoms with E-state index in [0.29, 0.717) is 18.0 Å². The van der Waals surface area contributed by atoms with E-state index < -0.39 is 0 Å². The van der Waals surface area contributed by atoms with Gasteiger partial charge >= 0.3 is 0 Å². The fourth-order valence-corrected chi connectivity index (χ4v) is 1.68. The molecule has 0 aromatic carbocycles. The molecule has 0 atom stereocenters. The molecule has 106 valence electrons. The minimum absolute atomic E-state index is 0.0276. The second kappa shape index (κ2) is 7.09. The van der Waals surface area contributed by atoms with Crippen LogP contribution in [0.2, 0.25) is 0 Å². The molecule has 0 fully saturated rings. The first-order chi connectivity index (χ1) is 8.88. The maximum Gasteiger partial charge on any atom is 0.234 e. The number of ketones is 1. The molecule has 1 amide bonds. The molecule has 0 spiro atoms. The van der Waals surface area contributed by atoms with Gasteiger partial charge in [-0.05, 0) is 19.0 Å². The molecule has 5 nitrogen and oxygen atoms in total. The molecule has 1 rings (SSSR count). The van der Waals surface area contributed by atoms with Gasteiger partial charge in [0.05, 0.1) is 13.1 Å². The van der Waals surface area contributed by atoms with Gasteiger partial charge in [-0.2, -0.15) is 0 Å². The fourth-order valence-electron chi connectivity index (χ4n) is 1.68. The molecule has 0 saturated carbocycles. The Balaban J connectivity index is 2.36. The predicted molar refractivity (Wildman–Crippen MR) is 75.1 cm³/mol. The van der Waals surface area contributed by atoms with Crippen LogP contribution < -0.4 is 5.32 Å². The lowest BCUT2D eigenvalue weighted by atomic mass is 10.2. The molecule has 0 saturated heterocycles. The lowest BCUT2D eigenvalue weighted by molar-refractivity contribution is -0.121. The van der Waals surface area contributed by atoms with Crippen LogP contribution >= 0.6 is 0 Å². The molecule has 0 aliphatic heterocycles. The Bertz CT molecular complexity index is 438. The predicted octanol–water partition coefficient (Wildman–Crippen LogP) is 0.912. The van der Waals surface area contributed by atoms with E-state index in [1.54, 1.807) is 24.2 Å². The Morgan fingerprint density at radius 1 is 1.37 bits per heavy atom. The van der Waals surface area contributed by atoms with Crippen molar-refractivity contribution < 1.29 is 9.59 Å². The summed E-state index contributed by atoms with van der Waals surface area (Å²) in [7, 11) is 3.65. The van der Waals surface area contributed by atoms with Gasteiger partial charge in [0.2, 0.25) is 5.91 Å². The highest BCUT2D eigenvalue weighted by molar-refractivity contribution is 5.97. The molecular weight excluding hydrogens is 242 g/mol. The Morgan fingerprint density at radius 3 is 2.58 bits per heavy atom. The molecule has 0 unspecified atom stereocenters. The number of nitrogens with one attached hydrogen (secondary N) is 1. The van der Waals surface area contributed by atoms with Gasteiger partial charge < -0.3 is 9.88 Å². The van der Waals surface area contributed by atoms with Crippen LogP contribution in [0.1, 0.15) is 24.2 Å². The van der Waals surface area contributed by atoms with E-state index >= 15 is 0 Å². The van der Waals surface area contributed by atoms with E-state index in [0.717, 1.165) is 0 Å². The van der Waals surface area contributed by atoms with Crippen LogP contribution in [0.3, 0.4) is 0 Å². The van der Waals surface area contributed by atoms with E-state index in [-0.39, 0.29) is 24.8 Å². The van der Waals surface area contributed by atoms with Crippen molar-refractivity contribution >= 4 is 11.7 Å². The Morgan fingerprint density at radius 2 is 2.05 bits per heavy atom. The third-order valence-electron chi connectivity index (χ3n) is 2.69. The molecule has 19 heavy (non-hydrogen) atoms. The molecular formula is C14H23N3O2. The van der Waals surface area contributed by atoms with Crippen molar-refractivity contribution in [2.45, 2.75) is 13.8 Å². The average Bonchev–Trinajstić information content (AvgIpc) is 2.73. The SMILES string of the molecule is CC(C)CNC(=O)CN(C)CC(=O)c1ccn(C)c1. The van der Waals surface area contributed by atoms with Gasteiger partial charge in [0.15, 0.2) is 5.78 Å². The number of rotatable bonds is 7. The Hall–Kier alpha value is -1.62. The second-order valence-electron chi connectivity index (χ2n) is 5.36. The van der Waals surface area contributed by atoms with Crippen molar-refractivity contribution in [2.24, 2.45) is 13.0 Å². The quantitative estimate of drug-likeness (QED) is 0.746. The minimum atomic E-state index is -0.0444. The molecule has 0 bridgehead atoms. The molecule has 1 heterocycles. The van der Waals surface area contributed by atoms with Crippen LogP contribution in [-0.4, -0.2) is 47.8 Å². The Labute approximate surface area is 114 Å². The zero-order valence-corrected chi connectivity index (χ0v) is 12.1. The zero-order chi connectivity index (χ0) is 14.4. The summed E-state index contributed by atoms with van der Waals surface area (Å²) in [6.45, 7) is 5.25. The van der Waals surface area contributed by atoms with Crippen LogP contribution in [-0.2, 0) is 11.8 Å². The van der Waals surface area contributed by atoms with Crippen molar-refractivity contribution in [2.75, 3.05) is 26.7 Å². The topological polar surface area (TPSA) is 54.3 Å². The third-order valence-corrected chi connectivity index (χ3v) is 2.69. The van der Waals surface area contributed by atoms with Crippen LogP contribution in [0.5, 0.6) is 0 Å². The standard InChI is InChI=1S/C14H23N3O2/c1-11(2)7-15-14(19)10-17(4)9-13(18)12-5-6-16(3)8-12/h5-6,8,11H,7,9-10H2,1-4H3,(H,15,19). The molecule has 0 aliphatic rings. The van der Waals surface area contributed by atoms with Gasteiger partial charge in [0.1, 0.15) is 0 Å². The van der Waals surface area contributed by atoms with Crippen molar-refractivity contribution in [3.63, 3.8) is 0 Å². The van der Waals surface area contributed by atoms with Crippen LogP contribution in [0, 0.1) is 5.92 Å². The lowest BCUT2D eigenvalue weighted by Crippen LogP contribution is -2.38. The van der Waals surface area contributed by atoms with Crippen molar-refractivity contribution in [1.82, 2.24) is 14.8 Å². The summed E-state index contributed by atoms with van der Waals surface area (Å²) in [6.07, 6.45) is 3.62. The molecule has 0 aliphatic carbocycles. The number of hydrogen-bond donors (Lipinski definition) is 1. The van der Waals surface area contributed by atoms with Crippen LogP contribution in [0.25, 0.3) is 0 Å². The molecule has 5 heteroatoms. The van der Waals surface area contributed by atoms with Crippen molar-refractivity contribution in [3.8, 4) is 0 Å². The summed E-state index contributed by atoms with van der Waals surface area (Å²) in [5.74, 6) is 0.414. The lowest BCUT2D eigenvalue weighted by Gasteiger charge is -2.15. The highest BCUT2D eigenvalue weighted by Crippen LogP contribution is 2.02. The van der Waals surface area contributed by atoms with Gasteiger partial charge in [0.25, 0.3) is 0 Å². The fraction of sp³-hybridized carbons (Fsp3) is 0.571. The van der Waals surface area contributed by atoms with E-state index in [4.69, 9.17) is 0 Å². The molecule has 1 N–H and O–H groups in total. The van der Waals surface area contributed by atoms with E-state index in [1.165, 1.54) is 0 Å². The summed E-state index contributed by atoms with van der Waals surface area (Å²) in [6, 6.07) is 1.79. The maximum atomic E-state index is 11.9. The maximum absolute atomic E-state index is 11.9. The largest absolute Gasteiger partial charge is 0.357 e. The Kier molecular flexibility index (Phi) is 5.76. The number of nitrogens with zero attached hydrogens (tertiary/aromatic N) is 2. The number of likely N-dealkylation sites (N-methyl/N-ethyl adjacent to an activating group) is 1. The summed E-state index contributed by atoms with van der Waals surface area (Å²) < 4.78 is 1.84. The zero-order valence-electron chi connectivity index (χ0n) is 12.1. The van der Waals surface area contributed by atoms with E-state index in [1.807, 2.05) is 31.7 Å². The van der Waals surface area contributed by atoms with Crippen LogP contribution in [0.4, 0.5) is 0 Å². The van der Waals surface area contributed by atoms with Gasteiger partial charge in [-0.25, -0.2) is 0 Å². The number of carbonyl (C=O) groups excluding carboxylic acids is 2. The molecule has 0 radical (unpaired) electrons. The number of carbonyl (C=O) groups is 2. The summed E-state index contributed by atoms with van der Waals surface area (Å²) in [5.41, 5.74) is 0.678. The summed E-state index contributed by atoms with van der Waals surface area (Å²) >= 11 is 0. The van der Waals surface area contributed by atoms with Gasteiger partial charge in [-0.1, -0.05) is 13.8 Å². The summed E-state index contributed by atoms with van der Waals surface area (Å²) in [4.78, 5) is 25.3. The summed E-state index contributed by atoms with van der Waals surface area (Å²) in [5, 5.41) is 2.83. The first kappa shape index (κ1) is 15.4. The highest BCUT2D eigenvalue weighted by Gasteiger charge is 2.13. The van der Waals surface area contributed by atoms with Crippen molar-refractivity contribution in [3.05, 3.63) is 24.0 Å². The third kappa shape index (κ3) is 5.70. The molecule has 1 aromatic heterocycles. The first-order valence-corrected chi connectivity index (χ1v) is 6.49. The number of aryl methyl sites for hydroxylation is 1. The van der Waals surface area contributed by atoms with E-state index in [2.05, 4.69) is 5.32 Å². The number of aromatic nitrogens is 1.